The van der Waals surface area contributed by atoms with Crippen LogP contribution in [-0.4, -0.2) is 24.2 Å². The van der Waals surface area contributed by atoms with Gasteiger partial charge in [-0.15, -0.1) is 0 Å². The zero-order valence-electron chi connectivity index (χ0n) is 12.2. The SMILES string of the molecule is CCC1COC(=O)C2(CCC(C(C)(C)C)CC2)N1. The van der Waals surface area contributed by atoms with E-state index in [1.54, 1.807) is 0 Å². The van der Waals surface area contributed by atoms with E-state index in [1.807, 2.05) is 0 Å². The third-order valence-electron chi connectivity index (χ3n) is 4.84. The number of carbonyl (C=O) groups excluding carboxylic acids is 1. The van der Waals surface area contributed by atoms with Crippen LogP contribution in [0, 0.1) is 11.3 Å². The van der Waals surface area contributed by atoms with Gasteiger partial charge < -0.3 is 4.74 Å². The Labute approximate surface area is 111 Å². The van der Waals surface area contributed by atoms with Crippen LogP contribution in [0.2, 0.25) is 0 Å². The average molecular weight is 253 g/mol. The summed E-state index contributed by atoms with van der Waals surface area (Å²) < 4.78 is 5.39. The Morgan fingerprint density at radius 2 is 1.94 bits per heavy atom. The fraction of sp³-hybridized carbons (Fsp3) is 0.933. The summed E-state index contributed by atoms with van der Waals surface area (Å²) in [6.07, 6.45) is 5.15. The minimum Gasteiger partial charge on any atom is -0.463 e. The first-order chi connectivity index (χ1) is 8.37. The molecule has 0 aromatic heterocycles. The van der Waals surface area contributed by atoms with Crippen LogP contribution in [0.3, 0.4) is 0 Å². The molecule has 1 saturated heterocycles. The fourth-order valence-electron chi connectivity index (χ4n) is 3.35. The van der Waals surface area contributed by atoms with Crippen molar-refractivity contribution in [3.63, 3.8) is 0 Å². The molecule has 1 saturated carbocycles. The third-order valence-corrected chi connectivity index (χ3v) is 4.84. The standard InChI is InChI=1S/C15H27NO2/c1-5-12-10-18-13(17)15(16-12)8-6-11(7-9-15)14(2,3)4/h11-12,16H,5-10H2,1-4H3. The van der Waals surface area contributed by atoms with Gasteiger partial charge >= 0.3 is 5.97 Å². The van der Waals surface area contributed by atoms with E-state index >= 15 is 0 Å². The highest BCUT2D eigenvalue weighted by Crippen LogP contribution is 2.42. The van der Waals surface area contributed by atoms with E-state index in [0.717, 1.165) is 38.0 Å². The minimum atomic E-state index is -0.374. The van der Waals surface area contributed by atoms with Crippen molar-refractivity contribution in [1.29, 1.82) is 0 Å². The van der Waals surface area contributed by atoms with Crippen molar-refractivity contribution in [2.24, 2.45) is 11.3 Å². The first-order valence-electron chi connectivity index (χ1n) is 7.32. The Hall–Kier alpha value is -0.570. The lowest BCUT2D eigenvalue weighted by molar-refractivity contribution is -0.162. The normalized spacial score (nSPS) is 37.7. The molecule has 0 aromatic carbocycles. The number of nitrogens with one attached hydrogen (secondary N) is 1. The Morgan fingerprint density at radius 3 is 2.44 bits per heavy atom. The molecule has 0 amide bonds. The van der Waals surface area contributed by atoms with Gasteiger partial charge in [-0.3, -0.25) is 10.1 Å². The zero-order valence-corrected chi connectivity index (χ0v) is 12.2. The first kappa shape index (κ1) is 13.9. The summed E-state index contributed by atoms with van der Waals surface area (Å²) >= 11 is 0. The molecule has 3 nitrogen and oxygen atoms in total. The third kappa shape index (κ3) is 2.56. The molecule has 0 bridgehead atoms. The second-order valence-electron chi connectivity index (χ2n) is 7.07. The molecular formula is C15H27NO2. The monoisotopic (exact) mass is 253 g/mol. The van der Waals surface area contributed by atoms with Gasteiger partial charge in [0.1, 0.15) is 12.1 Å². The van der Waals surface area contributed by atoms with Crippen molar-refractivity contribution < 1.29 is 9.53 Å². The first-order valence-corrected chi connectivity index (χ1v) is 7.32. The topological polar surface area (TPSA) is 38.3 Å². The minimum absolute atomic E-state index is 0.0143. The van der Waals surface area contributed by atoms with Crippen molar-refractivity contribution in [3.05, 3.63) is 0 Å². The van der Waals surface area contributed by atoms with Crippen LogP contribution in [0.25, 0.3) is 0 Å². The van der Waals surface area contributed by atoms with Crippen LogP contribution >= 0.6 is 0 Å². The van der Waals surface area contributed by atoms with Gasteiger partial charge in [-0.2, -0.15) is 0 Å². The molecule has 1 unspecified atom stereocenters. The van der Waals surface area contributed by atoms with E-state index in [4.69, 9.17) is 4.74 Å². The van der Waals surface area contributed by atoms with Gasteiger partial charge in [-0.05, 0) is 43.4 Å². The maximum absolute atomic E-state index is 12.1. The molecule has 2 aliphatic rings. The second kappa shape index (κ2) is 4.84. The number of ether oxygens (including phenoxy) is 1. The highest BCUT2D eigenvalue weighted by Gasteiger charge is 2.48. The summed E-state index contributed by atoms with van der Waals surface area (Å²) in [7, 11) is 0. The predicted octanol–water partition coefficient (Wildman–Crippen LogP) is 2.89. The second-order valence-corrected chi connectivity index (χ2v) is 7.07. The lowest BCUT2D eigenvalue weighted by atomic mass is 9.67. The zero-order chi connectivity index (χ0) is 13.4. The molecule has 1 aliphatic heterocycles. The van der Waals surface area contributed by atoms with Gasteiger partial charge in [0.25, 0.3) is 0 Å². The number of hydrogen-bond acceptors (Lipinski definition) is 3. The lowest BCUT2D eigenvalue weighted by Gasteiger charge is -2.46. The van der Waals surface area contributed by atoms with Crippen molar-refractivity contribution in [3.8, 4) is 0 Å². The van der Waals surface area contributed by atoms with Crippen molar-refractivity contribution >= 4 is 5.97 Å². The van der Waals surface area contributed by atoms with E-state index in [1.165, 1.54) is 0 Å². The van der Waals surface area contributed by atoms with E-state index < -0.39 is 0 Å². The van der Waals surface area contributed by atoms with Crippen LogP contribution < -0.4 is 5.32 Å². The lowest BCUT2D eigenvalue weighted by Crippen LogP contribution is -2.63. The Kier molecular flexibility index (Phi) is 3.72. The van der Waals surface area contributed by atoms with Crippen molar-refractivity contribution in [1.82, 2.24) is 5.32 Å². The highest BCUT2D eigenvalue weighted by molar-refractivity contribution is 5.81. The molecule has 104 valence electrons. The van der Waals surface area contributed by atoms with E-state index in [0.29, 0.717) is 18.1 Å². The van der Waals surface area contributed by atoms with Crippen LogP contribution in [-0.2, 0) is 9.53 Å². The van der Waals surface area contributed by atoms with Gasteiger partial charge in [0.05, 0.1) is 0 Å². The van der Waals surface area contributed by atoms with Gasteiger partial charge in [0.15, 0.2) is 0 Å². The molecule has 1 aliphatic carbocycles. The molecule has 0 radical (unpaired) electrons. The summed E-state index contributed by atoms with van der Waals surface area (Å²) in [5.41, 5.74) is -0.0228. The number of rotatable bonds is 1. The van der Waals surface area contributed by atoms with Crippen LogP contribution in [0.15, 0.2) is 0 Å². The van der Waals surface area contributed by atoms with Crippen molar-refractivity contribution in [2.45, 2.75) is 71.4 Å². The Balaban J connectivity index is 2.03. The summed E-state index contributed by atoms with van der Waals surface area (Å²) in [4.78, 5) is 12.1. The van der Waals surface area contributed by atoms with Crippen LogP contribution in [0.1, 0.15) is 59.8 Å². The number of cyclic esters (lactones) is 1. The molecule has 3 heteroatoms. The molecule has 0 aromatic rings. The number of hydrogen-bond donors (Lipinski definition) is 1. The predicted molar refractivity (Wildman–Crippen MR) is 72.3 cm³/mol. The fourth-order valence-corrected chi connectivity index (χ4v) is 3.35. The largest absolute Gasteiger partial charge is 0.463 e. The van der Waals surface area contributed by atoms with Gasteiger partial charge in [0.2, 0.25) is 0 Å². The molecular weight excluding hydrogens is 226 g/mol. The Morgan fingerprint density at radius 1 is 1.33 bits per heavy atom. The van der Waals surface area contributed by atoms with E-state index in [-0.39, 0.29) is 11.5 Å². The smallest absolute Gasteiger partial charge is 0.326 e. The number of carbonyl (C=O) groups is 1. The van der Waals surface area contributed by atoms with Crippen LogP contribution in [0.5, 0.6) is 0 Å². The summed E-state index contributed by atoms with van der Waals surface area (Å²) in [5.74, 6) is 0.708. The van der Waals surface area contributed by atoms with E-state index in [2.05, 4.69) is 33.0 Å². The summed E-state index contributed by atoms with van der Waals surface area (Å²) in [6, 6.07) is 0.342. The molecule has 2 rings (SSSR count). The summed E-state index contributed by atoms with van der Waals surface area (Å²) in [5, 5.41) is 3.57. The van der Waals surface area contributed by atoms with E-state index in [9.17, 15) is 4.79 Å². The molecule has 18 heavy (non-hydrogen) atoms. The van der Waals surface area contributed by atoms with Gasteiger partial charge in [-0.1, -0.05) is 27.7 Å². The molecule has 1 heterocycles. The average Bonchev–Trinajstić information content (AvgIpc) is 2.32. The Bertz CT molecular complexity index is 311. The van der Waals surface area contributed by atoms with Gasteiger partial charge in [0, 0.05) is 6.04 Å². The van der Waals surface area contributed by atoms with Crippen LogP contribution in [0.4, 0.5) is 0 Å². The maximum atomic E-state index is 12.1. The van der Waals surface area contributed by atoms with Crippen molar-refractivity contribution in [2.75, 3.05) is 6.61 Å². The molecule has 1 N–H and O–H groups in total. The molecule has 1 atom stereocenters. The maximum Gasteiger partial charge on any atom is 0.326 e. The highest BCUT2D eigenvalue weighted by atomic mass is 16.5. The number of esters is 1. The quantitative estimate of drug-likeness (QED) is 0.730. The molecule has 2 fully saturated rings. The number of morpholine rings is 1. The molecule has 1 spiro atoms. The summed E-state index contributed by atoms with van der Waals surface area (Å²) in [6.45, 7) is 9.59. The van der Waals surface area contributed by atoms with Gasteiger partial charge in [-0.25, -0.2) is 0 Å².